The molecule has 2 aromatic heterocycles. The first kappa shape index (κ1) is 18.0. The highest BCUT2D eigenvalue weighted by Gasteiger charge is 2.22. The SMILES string of the molecule is Cc1[nH]c(=O)c([N+](=O)[O-])c(O)c1C.Cc1[nH]c(=O)cc(O)c1C. The summed E-state index contributed by atoms with van der Waals surface area (Å²) < 4.78 is 0. The Morgan fingerprint density at radius 3 is 2.00 bits per heavy atom. The highest BCUT2D eigenvalue weighted by atomic mass is 16.6. The number of aromatic amines is 2. The molecule has 0 amide bonds. The minimum atomic E-state index is -0.902. The van der Waals surface area contributed by atoms with Crippen molar-refractivity contribution in [1.82, 2.24) is 9.97 Å². The van der Waals surface area contributed by atoms with E-state index in [1.807, 2.05) is 0 Å². The topological polar surface area (TPSA) is 149 Å². The van der Waals surface area contributed by atoms with Crippen molar-refractivity contribution in [3.8, 4) is 11.5 Å². The fraction of sp³-hybridized carbons (Fsp3) is 0.286. The molecule has 9 heteroatoms. The van der Waals surface area contributed by atoms with Crippen LogP contribution in [0.1, 0.15) is 22.5 Å². The molecule has 9 nitrogen and oxygen atoms in total. The predicted molar refractivity (Wildman–Crippen MR) is 83.1 cm³/mol. The number of hydrogen-bond acceptors (Lipinski definition) is 6. The lowest BCUT2D eigenvalue weighted by Gasteiger charge is -2.01. The van der Waals surface area contributed by atoms with Crippen LogP contribution in [-0.2, 0) is 0 Å². The highest BCUT2D eigenvalue weighted by molar-refractivity contribution is 5.49. The molecule has 0 unspecified atom stereocenters. The molecule has 4 N–H and O–H groups in total. The van der Waals surface area contributed by atoms with Crippen LogP contribution in [0.3, 0.4) is 0 Å². The third-order valence-corrected chi connectivity index (χ3v) is 3.37. The van der Waals surface area contributed by atoms with Gasteiger partial charge in [0.2, 0.25) is 5.75 Å². The summed E-state index contributed by atoms with van der Waals surface area (Å²) >= 11 is 0. The minimum Gasteiger partial charge on any atom is -0.507 e. The fourth-order valence-electron chi connectivity index (χ4n) is 1.69. The van der Waals surface area contributed by atoms with E-state index in [1.165, 1.54) is 13.0 Å². The maximum absolute atomic E-state index is 11.0. The molecule has 2 aromatic rings. The minimum absolute atomic E-state index is 0.0567. The molecule has 0 spiro atoms. The van der Waals surface area contributed by atoms with E-state index in [4.69, 9.17) is 5.11 Å². The zero-order valence-corrected chi connectivity index (χ0v) is 13.1. The quantitative estimate of drug-likeness (QED) is 0.459. The second kappa shape index (κ2) is 6.77. The molecule has 124 valence electrons. The molecule has 0 radical (unpaired) electrons. The number of nitrogens with zero attached hydrogens (tertiary/aromatic N) is 1. The van der Waals surface area contributed by atoms with Crippen LogP contribution in [0.5, 0.6) is 11.5 Å². The molecule has 0 aliphatic rings. The molecule has 0 aliphatic carbocycles. The molecular weight excluding hydrogens is 306 g/mol. The van der Waals surface area contributed by atoms with Crippen molar-refractivity contribution in [2.24, 2.45) is 0 Å². The molecular formula is C14H17N3O6. The molecule has 0 saturated heterocycles. The number of aryl methyl sites for hydroxylation is 2. The van der Waals surface area contributed by atoms with E-state index < -0.39 is 21.9 Å². The summed E-state index contributed by atoms with van der Waals surface area (Å²) in [5.41, 5.74) is 0.221. The molecule has 23 heavy (non-hydrogen) atoms. The number of aromatic hydroxyl groups is 2. The first-order chi connectivity index (χ1) is 10.6. The Morgan fingerprint density at radius 1 is 1.00 bits per heavy atom. The van der Waals surface area contributed by atoms with Gasteiger partial charge in [-0.15, -0.1) is 0 Å². The van der Waals surface area contributed by atoms with Crippen LogP contribution < -0.4 is 11.1 Å². The maximum atomic E-state index is 11.0. The van der Waals surface area contributed by atoms with Crippen LogP contribution in [0.4, 0.5) is 5.69 Å². The number of nitro groups is 1. The van der Waals surface area contributed by atoms with Gasteiger partial charge in [-0.05, 0) is 27.7 Å². The van der Waals surface area contributed by atoms with Crippen LogP contribution in [0.25, 0.3) is 0 Å². The Morgan fingerprint density at radius 2 is 1.52 bits per heavy atom. The van der Waals surface area contributed by atoms with Gasteiger partial charge in [-0.2, -0.15) is 0 Å². The van der Waals surface area contributed by atoms with E-state index in [1.54, 1.807) is 20.8 Å². The molecule has 0 aromatic carbocycles. The lowest BCUT2D eigenvalue weighted by Crippen LogP contribution is -2.13. The number of nitrogens with one attached hydrogen (secondary N) is 2. The van der Waals surface area contributed by atoms with Gasteiger partial charge in [0.05, 0.1) is 4.92 Å². The first-order valence-corrected chi connectivity index (χ1v) is 6.52. The van der Waals surface area contributed by atoms with Gasteiger partial charge >= 0.3 is 11.2 Å². The first-order valence-electron chi connectivity index (χ1n) is 6.52. The summed E-state index contributed by atoms with van der Waals surface area (Å²) in [6.45, 7) is 6.55. The monoisotopic (exact) mass is 323 g/mol. The van der Waals surface area contributed by atoms with Gasteiger partial charge in [0.15, 0.2) is 0 Å². The fourth-order valence-corrected chi connectivity index (χ4v) is 1.69. The van der Waals surface area contributed by atoms with E-state index in [0.717, 1.165) is 5.56 Å². The van der Waals surface area contributed by atoms with E-state index >= 15 is 0 Å². The number of H-pyrrole nitrogens is 2. The summed E-state index contributed by atoms with van der Waals surface area (Å²) in [4.78, 5) is 35.9. The van der Waals surface area contributed by atoms with Gasteiger partial charge in [0.25, 0.3) is 5.56 Å². The zero-order valence-electron chi connectivity index (χ0n) is 13.1. The second-order valence-electron chi connectivity index (χ2n) is 4.93. The van der Waals surface area contributed by atoms with Crippen molar-refractivity contribution >= 4 is 5.69 Å². The lowest BCUT2D eigenvalue weighted by molar-refractivity contribution is -0.387. The van der Waals surface area contributed by atoms with Crippen molar-refractivity contribution in [2.75, 3.05) is 0 Å². The number of hydrogen-bond donors (Lipinski definition) is 4. The van der Waals surface area contributed by atoms with Crippen molar-refractivity contribution in [3.63, 3.8) is 0 Å². The Kier molecular flexibility index (Phi) is 5.29. The van der Waals surface area contributed by atoms with Gasteiger partial charge < -0.3 is 20.2 Å². The van der Waals surface area contributed by atoms with Crippen molar-refractivity contribution in [1.29, 1.82) is 0 Å². The van der Waals surface area contributed by atoms with Gasteiger partial charge in [-0.3, -0.25) is 19.7 Å². The van der Waals surface area contributed by atoms with E-state index in [2.05, 4.69) is 9.97 Å². The van der Waals surface area contributed by atoms with E-state index in [-0.39, 0.29) is 11.3 Å². The summed E-state index contributed by atoms with van der Waals surface area (Å²) in [7, 11) is 0. The summed E-state index contributed by atoms with van der Waals surface area (Å²) in [6.07, 6.45) is 0. The van der Waals surface area contributed by atoms with Crippen LogP contribution in [0.15, 0.2) is 15.7 Å². The van der Waals surface area contributed by atoms with Crippen molar-refractivity contribution in [2.45, 2.75) is 27.7 Å². The molecule has 2 heterocycles. The average molecular weight is 323 g/mol. The third-order valence-electron chi connectivity index (χ3n) is 3.37. The van der Waals surface area contributed by atoms with Crippen LogP contribution >= 0.6 is 0 Å². The van der Waals surface area contributed by atoms with Crippen molar-refractivity contribution < 1.29 is 15.1 Å². The molecule has 2 rings (SSSR count). The third kappa shape index (κ3) is 3.96. The van der Waals surface area contributed by atoms with E-state index in [9.17, 15) is 24.8 Å². The van der Waals surface area contributed by atoms with Crippen LogP contribution in [0.2, 0.25) is 0 Å². The van der Waals surface area contributed by atoms with Crippen LogP contribution in [0, 0.1) is 37.8 Å². The Bertz CT molecular complexity index is 840. The summed E-state index contributed by atoms with van der Waals surface area (Å²) in [5, 5.41) is 28.7. The van der Waals surface area contributed by atoms with Gasteiger partial charge in [-0.1, -0.05) is 0 Å². The summed E-state index contributed by atoms with van der Waals surface area (Å²) in [5.74, 6) is -0.507. The average Bonchev–Trinajstić information content (AvgIpc) is 2.42. The normalized spacial score (nSPS) is 9.91. The van der Waals surface area contributed by atoms with E-state index in [0.29, 0.717) is 17.0 Å². The van der Waals surface area contributed by atoms with Gasteiger partial charge in [-0.25, -0.2) is 0 Å². The standard InChI is InChI=1S/C7H8N2O4.C7H9NO2/c1-3-4(2)8-7(11)5(6(3)10)9(12)13;1-4-5(2)8-7(10)3-6(4)9/h1-2H3,(H2,8,10,11);3H,1-2H3,(H2,8,9,10). The highest BCUT2D eigenvalue weighted by Crippen LogP contribution is 2.25. The number of aromatic nitrogens is 2. The van der Waals surface area contributed by atoms with Gasteiger partial charge in [0.1, 0.15) is 5.75 Å². The Hall–Kier alpha value is -3.10. The zero-order chi connectivity index (χ0) is 17.9. The molecule has 0 aliphatic heterocycles. The molecule has 0 atom stereocenters. The lowest BCUT2D eigenvalue weighted by atomic mass is 10.2. The molecule has 0 saturated carbocycles. The second-order valence-corrected chi connectivity index (χ2v) is 4.93. The van der Waals surface area contributed by atoms with Crippen molar-refractivity contribution in [3.05, 3.63) is 59.4 Å². The number of rotatable bonds is 1. The predicted octanol–water partition coefficient (Wildman–Crippen LogP) is 1.30. The maximum Gasteiger partial charge on any atom is 0.375 e. The molecule has 0 bridgehead atoms. The Balaban J connectivity index is 0.000000238. The Labute approximate surface area is 130 Å². The smallest absolute Gasteiger partial charge is 0.375 e. The summed E-state index contributed by atoms with van der Waals surface area (Å²) in [6, 6.07) is 1.17. The molecule has 0 fully saturated rings. The van der Waals surface area contributed by atoms with Gasteiger partial charge in [0, 0.05) is 28.6 Å². The van der Waals surface area contributed by atoms with Crippen LogP contribution in [-0.4, -0.2) is 25.1 Å². The largest absolute Gasteiger partial charge is 0.507 e. The number of pyridine rings is 2.